The van der Waals surface area contributed by atoms with Gasteiger partial charge in [-0.15, -0.1) is 6.58 Å². The second-order valence-corrected chi connectivity index (χ2v) is 9.52. The van der Waals surface area contributed by atoms with Gasteiger partial charge in [0, 0.05) is 36.7 Å². The maximum atomic E-state index is 11.5. The number of aliphatic hydroxyl groups is 2. The van der Waals surface area contributed by atoms with Crippen molar-refractivity contribution in [3.05, 3.63) is 70.8 Å². The van der Waals surface area contributed by atoms with Gasteiger partial charge in [-0.2, -0.15) is 0 Å². The smallest absolute Gasteiger partial charge is 0.150 e. The minimum atomic E-state index is -0.471. The molecular weight excluding hydrogens is 450 g/mol. The van der Waals surface area contributed by atoms with E-state index in [1.165, 1.54) is 11.1 Å². The maximum Gasteiger partial charge on any atom is 0.150 e. The highest BCUT2D eigenvalue weighted by molar-refractivity contribution is 6.30. The van der Waals surface area contributed by atoms with Crippen LogP contribution in [-0.2, 0) is 6.42 Å². The number of aryl methyl sites for hydroxylation is 1. The van der Waals surface area contributed by atoms with Crippen molar-refractivity contribution in [2.75, 3.05) is 31.7 Å². The number of hydrogen-bond acceptors (Lipinski definition) is 5. The molecule has 1 fully saturated rings. The predicted octanol–water partition coefficient (Wildman–Crippen LogP) is 5.27. The van der Waals surface area contributed by atoms with E-state index in [-0.39, 0.29) is 11.8 Å². The molecule has 1 aliphatic carbocycles. The van der Waals surface area contributed by atoms with Crippen LogP contribution in [0.2, 0.25) is 5.02 Å². The quantitative estimate of drug-likeness (QED) is 0.393. The van der Waals surface area contributed by atoms with Crippen molar-refractivity contribution in [2.45, 2.75) is 44.6 Å². The lowest BCUT2D eigenvalue weighted by atomic mass is 9.70. The molecule has 0 aromatic heterocycles. The Hall–Kier alpha value is -2.34. The van der Waals surface area contributed by atoms with Gasteiger partial charge in [0.05, 0.1) is 18.4 Å². The van der Waals surface area contributed by atoms with Crippen molar-refractivity contribution < 1.29 is 19.7 Å². The molecule has 0 spiro atoms. The van der Waals surface area contributed by atoms with Gasteiger partial charge in [-0.05, 0) is 72.6 Å². The van der Waals surface area contributed by atoms with Crippen molar-refractivity contribution in [2.24, 2.45) is 11.8 Å². The zero-order valence-electron chi connectivity index (χ0n) is 20.1. The summed E-state index contributed by atoms with van der Waals surface area (Å²) in [7, 11) is 1.00. The van der Waals surface area contributed by atoms with Gasteiger partial charge < -0.3 is 19.8 Å². The van der Waals surface area contributed by atoms with Gasteiger partial charge in [0.1, 0.15) is 12.0 Å². The van der Waals surface area contributed by atoms with Crippen molar-refractivity contribution in [1.82, 2.24) is 0 Å². The van der Waals surface area contributed by atoms with E-state index in [0.29, 0.717) is 18.1 Å². The Morgan fingerprint density at radius 3 is 2.68 bits per heavy atom. The lowest BCUT2D eigenvalue weighted by Crippen LogP contribution is -2.43. The lowest BCUT2D eigenvalue weighted by Gasteiger charge is -2.42. The number of benzene rings is 2. The van der Waals surface area contributed by atoms with E-state index in [9.17, 15) is 9.90 Å². The number of rotatable bonds is 8. The zero-order chi connectivity index (χ0) is 24.7. The van der Waals surface area contributed by atoms with Crippen LogP contribution >= 0.6 is 11.6 Å². The average molecular weight is 486 g/mol. The molecule has 2 N–H and O–H groups in total. The van der Waals surface area contributed by atoms with Crippen molar-refractivity contribution in [3.8, 4) is 5.75 Å². The summed E-state index contributed by atoms with van der Waals surface area (Å²) in [5.74, 6) is 1.61. The molecule has 0 amide bonds. The zero-order valence-corrected chi connectivity index (χ0v) is 20.9. The summed E-state index contributed by atoms with van der Waals surface area (Å²) in [6.45, 7) is 8.14. The third-order valence-electron chi connectivity index (χ3n) is 7.02. The van der Waals surface area contributed by atoms with Crippen LogP contribution in [0.4, 0.5) is 5.69 Å². The summed E-state index contributed by atoms with van der Waals surface area (Å²) >= 11 is 6.31. The Morgan fingerprint density at radius 2 is 2.03 bits per heavy atom. The fraction of sp³-hybridized carbons (Fsp3) is 0.464. The molecule has 4 unspecified atom stereocenters. The van der Waals surface area contributed by atoms with E-state index in [1.807, 2.05) is 24.3 Å². The minimum absolute atomic E-state index is 0.184. The fourth-order valence-electron chi connectivity index (χ4n) is 5.13. The van der Waals surface area contributed by atoms with E-state index in [2.05, 4.69) is 30.5 Å². The number of hydrogen-bond donors (Lipinski definition) is 2. The number of ether oxygens (including phenoxy) is 1. The molecule has 184 valence electrons. The van der Waals surface area contributed by atoms with E-state index >= 15 is 0 Å². The molecule has 2 aromatic carbocycles. The highest BCUT2D eigenvalue weighted by Gasteiger charge is 2.37. The summed E-state index contributed by atoms with van der Waals surface area (Å²) in [4.78, 5) is 13.8. The molecule has 5 nitrogen and oxygen atoms in total. The van der Waals surface area contributed by atoms with Crippen LogP contribution in [0.3, 0.4) is 0 Å². The Kier molecular flexibility index (Phi) is 9.57. The number of carbonyl (C=O) groups is 1. The van der Waals surface area contributed by atoms with Crippen LogP contribution in [0, 0.1) is 11.8 Å². The number of nitrogens with zero attached hydrogens (tertiary/aromatic N) is 1. The maximum absolute atomic E-state index is 11.5. The molecule has 2 aliphatic rings. The molecule has 6 heteroatoms. The van der Waals surface area contributed by atoms with Gasteiger partial charge in [-0.1, -0.05) is 37.1 Å². The van der Waals surface area contributed by atoms with Crippen LogP contribution < -0.4 is 9.64 Å². The molecule has 0 saturated heterocycles. The second kappa shape index (κ2) is 12.4. The van der Waals surface area contributed by atoms with Crippen LogP contribution in [-0.4, -0.2) is 49.4 Å². The summed E-state index contributed by atoms with van der Waals surface area (Å²) in [6, 6.07) is 11.8. The predicted molar refractivity (Wildman–Crippen MR) is 138 cm³/mol. The van der Waals surface area contributed by atoms with Crippen LogP contribution in [0.15, 0.2) is 49.1 Å². The molecule has 34 heavy (non-hydrogen) atoms. The van der Waals surface area contributed by atoms with E-state index in [4.69, 9.17) is 21.4 Å². The van der Waals surface area contributed by atoms with Crippen LogP contribution in [0.25, 0.3) is 0 Å². The molecule has 2 aromatic rings. The molecule has 4 rings (SSSR count). The summed E-state index contributed by atoms with van der Waals surface area (Å²) in [5, 5.41) is 18.1. The normalized spacial score (nSPS) is 22.1. The number of anilines is 1. The van der Waals surface area contributed by atoms with E-state index in [0.717, 1.165) is 68.6 Å². The monoisotopic (exact) mass is 485 g/mol. The van der Waals surface area contributed by atoms with E-state index < -0.39 is 6.10 Å². The Balaban J connectivity index is 0.00000158. The summed E-state index contributed by atoms with van der Waals surface area (Å²) < 4.78 is 6.28. The third-order valence-corrected chi connectivity index (χ3v) is 7.25. The molecule has 1 heterocycles. The van der Waals surface area contributed by atoms with Gasteiger partial charge in [0.15, 0.2) is 0 Å². The van der Waals surface area contributed by atoms with Crippen LogP contribution in [0.5, 0.6) is 5.75 Å². The largest absolute Gasteiger partial charge is 0.491 e. The summed E-state index contributed by atoms with van der Waals surface area (Å²) in [6.07, 6.45) is 6.19. The van der Waals surface area contributed by atoms with Gasteiger partial charge >= 0.3 is 0 Å². The molecule has 0 bridgehead atoms. The first-order valence-corrected chi connectivity index (χ1v) is 12.4. The summed E-state index contributed by atoms with van der Waals surface area (Å²) in [5.41, 5.74) is 4.16. The molecule has 1 saturated carbocycles. The van der Waals surface area contributed by atoms with Gasteiger partial charge in [-0.3, -0.25) is 4.79 Å². The average Bonchev–Trinajstić information content (AvgIpc) is 3.02. The first-order chi connectivity index (χ1) is 16.5. The lowest BCUT2D eigenvalue weighted by molar-refractivity contribution is 0.0465. The molecule has 1 aliphatic heterocycles. The minimum Gasteiger partial charge on any atom is -0.491 e. The Labute approximate surface area is 208 Å². The number of halogens is 1. The topological polar surface area (TPSA) is 70.0 Å². The standard InChI is InChI=1S/C27H32ClNO3.CH4O/c1-3-5-19-13-22(28)8-10-23(19)21-15-29(14-20-7-9-24(20)26(31)4-2)25-12-18(16-30)6-11-27(25)32-17-21;1-2/h4,6,8,10-13,16,20-21,24,26,31H,2-3,5,7,9,14-15,17H2,1H3;2H,1H3. The fourth-order valence-corrected chi connectivity index (χ4v) is 5.33. The number of fused-ring (bicyclic) bond motifs is 1. The highest BCUT2D eigenvalue weighted by Crippen LogP contribution is 2.42. The molecule has 0 radical (unpaired) electrons. The van der Waals surface area contributed by atoms with Gasteiger partial charge in [-0.25, -0.2) is 0 Å². The Morgan fingerprint density at radius 1 is 1.24 bits per heavy atom. The van der Waals surface area contributed by atoms with Crippen molar-refractivity contribution >= 4 is 23.6 Å². The highest BCUT2D eigenvalue weighted by atomic mass is 35.5. The SMILES string of the molecule is C=CC(O)C1CCC1CN1CC(c2ccc(Cl)cc2CCC)COc2ccc(C=O)cc21.CO. The first-order valence-electron chi connectivity index (χ1n) is 12.0. The van der Waals surface area contributed by atoms with Crippen molar-refractivity contribution in [1.29, 1.82) is 0 Å². The Bertz CT molecular complexity index is 979. The third kappa shape index (κ3) is 5.83. The number of aldehydes is 1. The first kappa shape index (κ1) is 26.3. The van der Waals surface area contributed by atoms with Crippen molar-refractivity contribution in [3.63, 3.8) is 0 Å². The van der Waals surface area contributed by atoms with Crippen LogP contribution in [0.1, 0.15) is 53.6 Å². The van der Waals surface area contributed by atoms with Gasteiger partial charge in [0.25, 0.3) is 0 Å². The van der Waals surface area contributed by atoms with E-state index in [1.54, 1.807) is 6.08 Å². The number of carbonyl (C=O) groups excluding carboxylic acids is 1. The second-order valence-electron chi connectivity index (χ2n) is 9.08. The van der Waals surface area contributed by atoms with Gasteiger partial charge in [0.2, 0.25) is 0 Å². The number of aliphatic hydroxyl groups excluding tert-OH is 2. The molecular formula is C28H36ClNO4. The molecule has 4 atom stereocenters.